The zero-order chi connectivity index (χ0) is 13.7. The van der Waals surface area contributed by atoms with Crippen LogP contribution in [0.15, 0.2) is 40.1 Å². The van der Waals surface area contributed by atoms with Crippen LogP contribution in [-0.2, 0) is 13.1 Å². The highest BCUT2D eigenvalue weighted by molar-refractivity contribution is 5.97. The maximum atomic E-state index is 13.7. The third-order valence-corrected chi connectivity index (χ3v) is 2.56. The monoisotopic (exact) mass is 264 g/mol. The maximum Gasteiger partial charge on any atom is 0.170 e. The fourth-order valence-electron chi connectivity index (χ4n) is 1.56. The molecule has 0 spiro atoms. The van der Waals surface area contributed by atoms with Crippen LogP contribution >= 0.6 is 0 Å². The molecule has 0 bridgehead atoms. The minimum absolute atomic E-state index is 0.125. The Bertz CT molecular complexity index is 569. The molecule has 0 unspecified atom stereocenters. The minimum Gasteiger partial charge on any atom is -0.409 e. The summed E-state index contributed by atoms with van der Waals surface area (Å²) in [5.41, 5.74) is 6.19. The van der Waals surface area contributed by atoms with Gasteiger partial charge in [0.1, 0.15) is 11.6 Å². The minimum atomic E-state index is -0.422. The van der Waals surface area contributed by atoms with Gasteiger partial charge in [0.05, 0.1) is 12.7 Å². The van der Waals surface area contributed by atoms with Gasteiger partial charge in [-0.25, -0.2) is 4.39 Å². The molecule has 4 N–H and O–H groups in total. The van der Waals surface area contributed by atoms with Crippen LogP contribution in [-0.4, -0.2) is 16.2 Å². The summed E-state index contributed by atoms with van der Waals surface area (Å²) in [6, 6.07) is 6.12. The van der Waals surface area contributed by atoms with E-state index in [0.717, 1.165) is 0 Å². The number of rotatable bonds is 5. The average Bonchev–Trinajstić information content (AvgIpc) is 2.93. The number of hydrogen-bond donors (Lipinski definition) is 3. The van der Waals surface area contributed by atoms with Crippen molar-refractivity contribution < 1.29 is 14.1 Å². The van der Waals surface area contributed by atoms with Gasteiger partial charge in [-0.1, -0.05) is 22.4 Å². The normalized spacial score (nSPS) is 11.7. The Kier molecular flexibility index (Phi) is 4.09. The van der Waals surface area contributed by atoms with Gasteiger partial charge in [0.25, 0.3) is 0 Å². The maximum absolute atomic E-state index is 13.7. The molecule has 7 heteroatoms. The highest BCUT2D eigenvalue weighted by atomic mass is 19.1. The Labute approximate surface area is 108 Å². The summed E-state index contributed by atoms with van der Waals surface area (Å²) in [4.78, 5) is 0. The van der Waals surface area contributed by atoms with E-state index in [9.17, 15) is 4.39 Å². The van der Waals surface area contributed by atoms with Gasteiger partial charge in [0.15, 0.2) is 5.84 Å². The lowest BCUT2D eigenvalue weighted by Crippen LogP contribution is -2.16. The van der Waals surface area contributed by atoms with Crippen molar-refractivity contribution in [2.45, 2.75) is 13.1 Å². The average molecular weight is 264 g/mol. The first-order chi connectivity index (χ1) is 9.20. The number of halogens is 1. The SMILES string of the molecule is N/C(=N/O)c1ccc(CNCc2ccno2)c(F)c1. The molecule has 2 aromatic rings. The van der Waals surface area contributed by atoms with Gasteiger partial charge in [-0.2, -0.15) is 0 Å². The Morgan fingerprint density at radius 1 is 1.42 bits per heavy atom. The summed E-state index contributed by atoms with van der Waals surface area (Å²) < 4.78 is 18.6. The molecule has 19 heavy (non-hydrogen) atoms. The molecule has 2 rings (SSSR count). The van der Waals surface area contributed by atoms with E-state index in [0.29, 0.717) is 30.0 Å². The van der Waals surface area contributed by atoms with Crippen molar-refractivity contribution in [1.82, 2.24) is 10.5 Å². The number of aromatic nitrogens is 1. The van der Waals surface area contributed by atoms with Gasteiger partial charge in [0, 0.05) is 23.7 Å². The van der Waals surface area contributed by atoms with E-state index in [2.05, 4.69) is 15.6 Å². The molecule has 0 aliphatic rings. The van der Waals surface area contributed by atoms with E-state index >= 15 is 0 Å². The number of benzene rings is 1. The zero-order valence-corrected chi connectivity index (χ0v) is 10.0. The zero-order valence-electron chi connectivity index (χ0n) is 10.0. The summed E-state index contributed by atoms with van der Waals surface area (Å²) >= 11 is 0. The van der Waals surface area contributed by atoms with E-state index in [1.807, 2.05) is 0 Å². The Morgan fingerprint density at radius 2 is 2.26 bits per heavy atom. The summed E-state index contributed by atoms with van der Waals surface area (Å²) in [5, 5.41) is 17.9. The quantitative estimate of drug-likeness (QED) is 0.326. The predicted molar refractivity (Wildman–Crippen MR) is 66.0 cm³/mol. The van der Waals surface area contributed by atoms with Gasteiger partial charge in [-0.15, -0.1) is 0 Å². The molecule has 0 saturated heterocycles. The molecule has 0 aliphatic carbocycles. The van der Waals surface area contributed by atoms with Gasteiger partial charge in [0.2, 0.25) is 0 Å². The van der Waals surface area contributed by atoms with Crippen molar-refractivity contribution in [2.75, 3.05) is 0 Å². The molecule has 6 nitrogen and oxygen atoms in total. The van der Waals surface area contributed by atoms with Crippen molar-refractivity contribution in [3.8, 4) is 0 Å². The van der Waals surface area contributed by atoms with Crippen molar-refractivity contribution in [1.29, 1.82) is 0 Å². The Hall–Kier alpha value is -2.41. The van der Waals surface area contributed by atoms with E-state index in [1.54, 1.807) is 24.4 Å². The van der Waals surface area contributed by atoms with E-state index in [-0.39, 0.29) is 5.84 Å². The molecule has 0 radical (unpaired) electrons. The lowest BCUT2D eigenvalue weighted by molar-refractivity contribution is 0.318. The number of oxime groups is 1. The summed E-state index contributed by atoms with van der Waals surface area (Å²) in [6.45, 7) is 0.796. The molecule has 1 aromatic carbocycles. The number of nitrogens with one attached hydrogen (secondary N) is 1. The number of amidine groups is 1. The fourth-order valence-corrected chi connectivity index (χ4v) is 1.56. The smallest absolute Gasteiger partial charge is 0.170 e. The molecule has 0 saturated carbocycles. The number of nitrogens with two attached hydrogens (primary N) is 1. The van der Waals surface area contributed by atoms with Crippen molar-refractivity contribution in [2.24, 2.45) is 10.9 Å². The van der Waals surface area contributed by atoms with Crippen LogP contribution in [0.25, 0.3) is 0 Å². The fraction of sp³-hybridized carbons (Fsp3) is 0.167. The topological polar surface area (TPSA) is 96.7 Å². The van der Waals surface area contributed by atoms with Crippen molar-refractivity contribution in [3.63, 3.8) is 0 Å². The predicted octanol–water partition coefficient (Wildman–Crippen LogP) is 1.20. The van der Waals surface area contributed by atoms with Gasteiger partial charge >= 0.3 is 0 Å². The van der Waals surface area contributed by atoms with E-state index in [1.165, 1.54) is 6.07 Å². The van der Waals surface area contributed by atoms with E-state index < -0.39 is 5.82 Å². The van der Waals surface area contributed by atoms with Crippen LogP contribution in [0.4, 0.5) is 4.39 Å². The second-order valence-electron chi connectivity index (χ2n) is 3.87. The molecule has 0 atom stereocenters. The van der Waals surface area contributed by atoms with Crippen LogP contribution < -0.4 is 11.1 Å². The highest BCUT2D eigenvalue weighted by Crippen LogP contribution is 2.10. The van der Waals surface area contributed by atoms with Crippen LogP contribution in [0.2, 0.25) is 0 Å². The summed E-state index contributed by atoms with van der Waals surface area (Å²) in [6.07, 6.45) is 1.55. The van der Waals surface area contributed by atoms with Gasteiger partial charge in [-0.3, -0.25) is 0 Å². The van der Waals surface area contributed by atoms with Gasteiger partial charge < -0.3 is 20.8 Å². The lowest BCUT2D eigenvalue weighted by Gasteiger charge is -2.06. The lowest BCUT2D eigenvalue weighted by atomic mass is 10.1. The molecule has 1 heterocycles. The largest absolute Gasteiger partial charge is 0.409 e. The Balaban J connectivity index is 1.97. The summed E-state index contributed by atoms with van der Waals surface area (Å²) in [7, 11) is 0. The third kappa shape index (κ3) is 3.29. The number of hydrogen-bond acceptors (Lipinski definition) is 5. The van der Waals surface area contributed by atoms with Crippen LogP contribution in [0.3, 0.4) is 0 Å². The van der Waals surface area contributed by atoms with Crippen LogP contribution in [0.1, 0.15) is 16.9 Å². The molecule has 100 valence electrons. The first kappa shape index (κ1) is 13.0. The van der Waals surface area contributed by atoms with Gasteiger partial charge in [-0.05, 0) is 6.07 Å². The van der Waals surface area contributed by atoms with Crippen LogP contribution in [0.5, 0.6) is 0 Å². The first-order valence-corrected chi connectivity index (χ1v) is 5.57. The number of nitrogens with zero attached hydrogens (tertiary/aromatic N) is 2. The third-order valence-electron chi connectivity index (χ3n) is 2.56. The van der Waals surface area contributed by atoms with Crippen molar-refractivity contribution >= 4 is 5.84 Å². The molecule has 1 aromatic heterocycles. The molecular weight excluding hydrogens is 251 g/mol. The molecule has 0 fully saturated rings. The van der Waals surface area contributed by atoms with Crippen LogP contribution in [0, 0.1) is 5.82 Å². The highest BCUT2D eigenvalue weighted by Gasteiger charge is 2.06. The Morgan fingerprint density at radius 3 is 2.89 bits per heavy atom. The second-order valence-corrected chi connectivity index (χ2v) is 3.87. The van der Waals surface area contributed by atoms with Crippen molar-refractivity contribution in [3.05, 3.63) is 53.2 Å². The molecular formula is C12H13FN4O2. The standard InChI is InChI=1S/C12H13FN4O2/c13-11-5-8(12(14)17-18)1-2-9(11)6-15-7-10-3-4-16-19-10/h1-5,15,18H,6-7H2,(H2,14,17). The molecule has 0 amide bonds. The molecule has 0 aliphatic heterocycles. The second kappa shape index (κ2) is 5.96. The summed E-state index contributed by atoms with van der Waals surface area (Å²) in [5.74, 6) is 0.128. The first-order valence-electron chi connectivity index (χ1n) is 5.57. The van der Waals surface area contributed by atoms with E-state index in [4.69, 9.17) is 15.5 Å².